The van der Waals surface area contributed by atoms with Gasteiger partial charge in [-0.2, -0.15) is 0 Å². The lowest BCUT2D eigenvalue weighted by Gasteiger charge is -2.26. The number of nitrogens with zero attached hydrogens (tertiary/aromatic N) is 4. The van der Waals surface area contributed by atoms with Crippen LogP contribution in [0.2, 0.25) is 0 Å². The topological polar surface area (TPSA) is 42.6 Å². The van der Waals surface area contributed by atoms with Crippen molar-refractivity contribution in [2.75, 3.05) is 9.80 Å². The van der Waals surface area contributed by atoms with Gasteiger partial charge in [0.1, 0.15) is 22.3 Å². The highest BCUT2D eigenvalue weighted by Gasteiger charge is 2.23. The molecule has 27 rings (SSSR count). The fourth-order valence-corrected chi connectivity index (χ4v) is 21.6. The molecular formula is C142H96N4O2. The summed E-state index contributed by atoms with van der Waals surface area (Å²) in [5, 5.41) is 9.54. The molecule has 0 fully saturated rings. The third-order valence-corrected chi connectivity index (χ3v) is 29.3. The lowest BCUT2D eigenvalue weighted by atomic mass is 9.97. The van der Waals surface area contributed by atoms with Gasteiger partial charge in [-0.1, -0.05) is 426 Å². The van der Waals surface area contributed by atoms with Gasteiger partial charge in [-0.15, -0.1) is 0 Å². The van der Waals surface area contributed by atoms with E-state index in [1.807, 2.05) is 36.4 Å². The summed E-state index contributed by atoms with van der Waals surface area (Å²) in [6.45, 7) is 7.87. The Hall–Kier alpha value is -19.7. The van der Waals surface area contributed by atoms with Crippen molar-refractivity contribution < 1.29 is 8.83 Å². The molecule has 6 heteroatoms. The van der Waals surface area contributed by atoms with Gasteiger partial charge in [0.05, 0.1) is 22.1 Å². The molecule has 27 aromatic rings. The third kappa shape index (κ3) is 16.7. The van der Waals surface area contributed by atoms with Crippen LogP contribution in [0.5, 0.6) is 0 Å². The molecule has 0 saturated heterocycles. The fourth-order valence-electron chi connectivity index (χ4n) is 21.6. The van der Waals surface area contributed by atoms with Crippen LogP contribution in [0, 0.1) is 0 Å². The Bertz CT molecular complexity index is 9610. The van der Waals surface area contributed by atoms with Gasteiger partial charge in [0, 0.05) is 99.7 Å². The van der Waals surface area contributed by atoms with Gasteiger partial charge in [0.2, 0.25) is 0 Å². The van der Waals surface area contributed by atoms with Gasteiger partial charge in [0.15, 0.2) is 0 Å². The Morgan fingerprint density at radius 2 is 0.385 bits per heavy atom. The highest BCUT2D eigenvalue weighted by Crippen LogP contribution is 2.47. The number of furan rings is 2. The minimum absolute atomic E-state index is 0.910. The second-order valence-corrected chi connectivity index (χ2v) is 37.9. The number of hydrogen-bond donors (Lipinski definition) is 0. The number of fused-ring (bicyclic) bond motifs is 12. The summed E-state index contributed by atoms with van der Waals surface area (Å²) in [5.41, 5.74) is 45.1. The van der Waals surface area contributed by atoms with Crippen molar-refractivity contribution in [2.45, 2.75) is 0 Å². The first kappa shape index (κ1) is 88.5. The Balaban J connectivity index is 0.000000150. The maximum atomic E-state index is 6.37. The average Bonchev–Trinajstić information content (AvgIpc) is 1.60. The lowest BCUT2D eigenvalue weighted by Crippen LogP contribution is -2.09. The molecule has 696 valence electrons. The molecule has 0 atom stereocenters. The predicted molar refractivity (Wildman–Crippen MR) is 625 cm³/mol. The number of rotatable bonds is 21. The van der Waals surface area contributed by atoms with Crippen LogP contribution in [0.25, 0.3) is 233 Å². The number of benzene rings is 23. The largest absolute Gasteiger partial charge is 0.455 e. The molecule has 0 saturated carbocycles. The van der Waals surface area contributed by atoms with Crippen molar-refractivity contribution in [2.24, 2.45) is 0 Å². The van der Waals surface area contributed by atoms with Gasteiger partial charge in [-0.25, -0.2) is 0 Å². The molecule has 0 unspecified atom stereocenters. The van der Waals surface area contributed by atoms with Crippen molar-refractivity contribution in [3.05, 3.63) is 570 Å². The van der Waals surface area contributed by atoms with Gasteiger partial charge >= 0.3 is 0 Å². The molecule has 4 aromatic heterocycles. The molecule has 0 aliphatic carbocycles. The molecule has 0 aliphatic rings. The average molecular weight is 1890 g/mol. The fraction of sp³-hybridized carbons (Fsp3) is 0. The van der Waals surface area contributed by atoms with Gasteiger partial charge in [-0.05, 0) is 268 Å². The zero-order chi connectivity index (χ0) is 98.5. The summed E-state index contributed by atoms with van der Waals surface area (Å²) >= 11 is 0. The van der Waals surface area contributed by atoms with Gasteiger partial charge < -0.3 is 27.8 Å². The van der Waals surface area contributed by atoms with E-state index in [1.54, 1.807) is 0 Å². The normalized spacial score (nSPS) is 11.4. The first-order chi connectivity index (χ1) is 73.2. The van der Waals surface area contributed by atoms with E-state index in [2.05, 4.69) is 554 Å². The SMILES string of the molecule is C=Cc1ccc(-c2ccc(N(c3ccc(-c4ccc(-c5ccc(-c6cccc7c6oc6ccccc67)cc5)cc4)cc3)c3ccc(-c4ccc(-c5ccc6c(c5)c5ccccc5n6-c5ccccc5)cc4)cc3)cc2)cc1.C=Cc1ccc(-n2c3ccccc3c3cc(-c4ccc(-c5ccc(N(c6ccc(-c7ccccc7)cc6)c6ccc(-c7ccc(-c8cccc9c8oc8ccccc89)cc7)cc6)cc5)cc4)ccc32)cc1. The highest BCUT2D eigenvalue weighted by atomic mass is 16.3. The number of para-hydroxylation sites is 7. The van der Waals surface area contributed by atoms with Crippen molar-refractivity contribution >= 4 is 134 Å². The second-order valence-electron chi connectivity index (χ2n) is 37.9. The van der Waals surface area contributed by atoms with Crippen LogP contribution in [0.4, 0.5) is 34.1 Å². The maximum Gasteiger partial charge on any atom is 0.143 e. The third-order valence-electron chi connectivity index (χ3n) is 29.3. The molecular weight excluding hydrogens is 1790 g/mol. The van der Waals surface area contributed by atoms with Crippen LogP contribution in [0.15, 0.2) is 568 Å². The van der Waals surface area contributed by atoms with E-state index in [-0.39, 0.29) is 0 Å². The number of anilines is 6. The van der Waals surface area contributed by atoms with Crippen molar-refractivity contribution in [1.29, 1.82) is 0 Å². The Labute approximate surface area is 859 Å². The van der Waals surface area contributed by atoms with E-state index in [1.165, 1.54) is 116 Å². The molecule has 0 bridgehead atoms. The summed E-state index contributed by atoms with van der Waals surface area (Å²) in [7, 11) is 0. The van der Waals surface area contributed by atoms with Crippen LogP contribution in [0.1, 0.15) is 11.1 Å². The standard InChI is InChI=1S/C74H50N2O.C68H46N2O/c1-2-50-19-21-51(22-20-50)56-35-42-63(43-36-56)75(64-44-37-57(38-45-64)53-25-23-52(24-26-53)55-31-33-60(34-32-55)66-15-10-16-69-68-14-7-9-18-73(68)77-74(66)69)65-46-39-58(40-47-65)54-27-29-59(30-28-54)61-41-48-72-70(49-61)67-13-6-8-17-71(67)76(72)62-11-4-3-5-12-62;1-2-46-19-36-59(37-20-46)70-65-17-8-6-13-61(65)64-45-55(35-44-66(64)70)53-23-21-48(22-24-53)51-31-40-57(41-32-51)69(56-38-29-50(30-39-56)47-11-4-3-5-12-47)58-42-33-52(34-43-58)49-25-27-54(28-26-49)60-15-10-16-63-62-14-7-9-18-67(62)71-68(60)63/h2-49H,1H2;2-45H,1H2. The molecule has 4 heterocycles. The molecule has 148 heavy (non-hydrogen) atoms. The van der Waals surface area contributed by atoms with E-state index < -0.39 is 0 Å². The molecule has 0 spiro atoms. The first-order valence-electron chi connectivity index (χ1n) is 50.4. The van der Waals surface area contributed by atoms with E-state index in [0.717, 1.165) is 150 Å². The summed E-state index contributed by atoms with van der Waals surface area (Å²) in [4.78, 5) is 4.68. The lowest BCUT2D eigenvalue weighted by molar-refractivity contribution is 0.669. The van der Waals surface area contributed by atoms with Crippen LogP contribution in [-0.4, -0.2) is 9.13 Å². The summed E-state index contributed by atoms with van der Waals surface area (Å²) in [6.07, 6.45) is 3.77. The molecule has 0 aliphatic heterocycles. The number of hydrogen-bond acceptors (Lipinski definition) is 4. The van der Waals surface area contributed by atoms with E-state index in [4.69, 9.17) is 8.83 Å². The smallest absolute Gasteiger partial charge is 0.143 e. The Morgan fingerprint density at radius 3 is 0.703 bits per heavy atom. The summed E-state index contributed by atoms with van der Waals surface area (Å²) in [6, 6.07) is 197. The minimum Gasteiger partial charge on any atom is -0.455 e. The summed E-state index contributed by atoms with van der Waals surface area (Å²) < 4.78 is 17.4. The van der Waals surface area contributed by atoms with E-state index in [0.29, 0.717) is 0 Å². The zero-order valence-electron chi connectivity index (χ0n) is 81.1. The van der Waals surface area contributed by atoms with Crippen LogP contribution >= 0.6 is 0 Å². The predicted octanol–water partition coefficient (Wildman–Crippen LogP) is 39.9. The molecule has 23 aromatic carbocycles. The quantitative estimate of drug-likeness (QED) is 0.0719. The molecule has 0 N–H and O–H groups in total. The van der Waals surface area contributed by atoms with E-state index in [9.17, 15) is 0 Å². The molecule has 0 radical (unpaired) electrons. The van der Waals surface area contributed by atoms with Crippen LogP contribution < -0.4 is 9.80 Å². The summed E-state index contributed by atoms with van der Waals surface area (Å²) in [5.74, 6) is 0. The second kappa shape index (κ2) is 38.3. The molecule has 6 nitrogen and oxygen atoms in total. The number of aromatic nitrogens is 2. The maximum absolute atomic E-state index is 6.37. The Kier molecular flexibility index (Phi) is 22.9. The van der Waals surface area contributed by atoms with Crippen molar-refractivity contribution in [1.82, 2.24) is 9.13 Å². The monoisotopic (exact) mass is 1890 g/mol. The van der Waals surface area contributed by atoms with Crippen molar-refractivity contribution in [3.63, 3.8) is 0 Å². The molecule has 0 amide bonds. The Morgan fingerprint density at radius 1 is 0.162 bits per heavy atom. The first-order valence-corrected chi connectivity index (χ1v) is 50.4. The zero-order valence-corrected chi connectivity index (χ0v) is 81.1. The van der Waals surface area contributed by atoms with Crippen LogP contribution in [0.3, 0.4) is 0 Å². The highest BCUT2D eigenvalue weighted by molar-refractivity contribution is 6.14. The van der Waals surface area contributed by atoms with Crippen molar-refractivity contribution in [3.8, 4) is 134 Å². The van der Waals surface area contributed by atoms with Gasteiger partial charge in [-0.3, -0.25) is 0 Å². The van der Waals surface area contributed by atoms with Gasteiger partial charge in [0.25, 0.3) is 0 Å². The minimum atomic E-state index is 0.910. The van der Waals surface area contributed by atoms with Crippen LogP contribution in [-0.2, 0) is 0 Å². The van der Waals surface area contributed by atoms with E-state index >= 15 is 0 Å².